The first-order valence-electron chi connectivity index (χ1n) is 8.05. The van der Waals surface area contributed by atoms with Gasteiger partial charge in [0.2, 0.25) is 0 Å². The van der Waals surface area contributed by atoms with Crippen molar-refractivity contribution in [3.05, 3.63) is 72.0 Å². The quantitative estimate of drug-likeness (QED) is 0.424. The van der Waals surface area contributed by atoms with Crippen LogP contribution in [0.3, 0.4) is 0 Å². The van der Waals surface area contributed by atoms with E-state index in [0.717, 1.165) is 10.8 Å². The van der Waals surface area contributed by atoms with Gasteiger partial charge in [0.1, 0.15) is 11.6 Å². The number of rotatable bonds is 4. The number of hydrazone groups is 1. The second-order valence-electron chi connectivity index (χ2n) is 5.54. The zero-order valence-electron chi connectivity index (χ0n) is 14.4. The average molecular weight is 365 g/mol. The van der Waals surface area contributed by atoms with Crippen molar-refractivity contribution in [2.24, 2.45) is 5.10 Å². The number of anilines is 1. The number of para-hydroxylation sites is 1. The third kappa shape index (κ3) is 4.09. The van der Waals surface area contributed by atoms with E-state index < -0.39 is 17.6 Å². The highest BCUT2D eigenvalue weighted by Gasteiger charge is 2.15. The molecule has 136 valence electrons. The van der Waals surface area contributed by atoms with E-state index in [1.54, 1.807) is 12.1 Å². The summed E-state index contributed by atoms with van der Waals surface area (Å²) in [5.41, 5.74) is 2.70. The second-order valence-corrected chi connectivity index (χ2v) is 5.54. The molecule has 0 aliphatic rings. The number of ether oxygens (including phenoxy) is 1. The first-order valence-corrected chi connectivity index (χ1v) is 8.05. The molecule has 3 aromatic carbocycles. The first-order chi connectivity index (χ1) is 13.1. The van der Waals surface area contributed by atoms with Gasteiger partial charge in [0.05, 0.1) is 19.0 Å². The van der Waals surface area contributed by atoms with Gasteiger partial charge in [-0.15, -0.1) is 0 Å². The molecular weight excluding hydrogens is 349 g/mol. The van der Waals surface area contributed by atoms with E-state index in [4.69, 9.17) is 4.74 Å². The molecule has 0 saturated carbocycles. The number of nitrogens with zero attached hydrogens (tertiary/aromatic N) is 1. The van der Waals surface area contributed by atoms with Crippen LogP contribution in [0.4, 0.5) is 10.1 Å². The van der Waals surface area contributed by atoms with Gasteiger partial charge in [-0.2, -0.15) is 5.10 Å². The average Bonchev–Trinajstić information content (AvgIpc) is 2.69. The lowest BCUT2D eigenvalue weighted by Crippen LogP contribution is -2.32. The number of nitrogens with one attached hydrogen (secondary N) is 2. The molecule has 0 spiro atoms. The molecule has 2 N–H and O–H groups in total. The molecule has 7 heteroatoms. The van der Waals surface area contributed by atoms with Gasteiger partial charge in [0.15, 0.2) is 0 Å². The van der Waals surface area contributed by atoms with Crippen molar-refractivity contribution < 1.29 is 18.7 Å². The van der Waals surface area contributed by atoms with E-state index in [1.165, 1.54) is 31.5 Å². The van der Waals surface area contributed by atoms with E-state index >= 15 is 0 Å². The Kier molecular flexibility index (Phi) is 5.41. The molecule has 0 aromatic heterocycles. The molecule has 0 bridgehead atoms. The number of amides is 2. The molecule has 27 heavy (non-hydrogen) atoms. The fourth-order valence-corrected chi connectivity index (χ4v) is 2.53. The largest absolute Gasteiger partial charge is 0.496 e. The van der Waals surface area contributed by atoms with Gasteiger partial charge >= 0.3 is 11.8 Å². The number of hydrogen-bond donors (Lipinski definition) is 2. The number of carbonyl (C=O) groups is 2. The lowest BCUT2D eigenvalue weighted by molar-refractivity contribution is -0.136. The minimum absolute atomic E-state index is 0.0858. The minimum atomic E-state index is -1.03. The van der Waals surface area contributed by atoms with Crippen molar-refractivity contribution in [3.8, 4) is 5.75 Å². The Morgan fingerprint density at radius 1 is 1.00 bits per heavy atom. The first kappa shape index (κ1) is 18.1. The van der Waals surface area contributed by atoms with Gasteiger partial charge in [-0.1, -0.05) is 42.5 Å². The van der Waals surface area contributed by atoms with Crippen LogP contribution in [0.5, 0.6) is 5.75 Å². The molecule has 0 heterocycles. The summed E-state index contributed by atoms with van der Waals surface area (Å²) in [7, 11) is 1.53. The van der Waals surface area contributed by atoms with Crippen LogP contribution in [0.2, 0.25) is 0 Å². The van der Waals surface area contributed by atoms with E-state index in [1.807, 2.05) is 30.3 Å². The smallest absolute Gasteiger partial charge is 0.329 e. The lowest BCUT2D eigenvalue weighted by atomic mass is 10.0. The maximum Gasteiger partial charge on any atom is 0.329 e. The summed E-state index contributed by atoms with van der Waals surface area (Å²) in [5.74, 6) is -2.11. The summed E-state index contributed by atoms with van der Waals surface area (Å²) in [5, 5.41) is 7.87. The monoisotopic (exact) mass is 365 g/mol. The molecule has 0 atom stereocenters. The third-order valence-corrected chi connectivity index (χ3v) is 3.84. The van der Waals surface area contributed by atoms with Crippen LogP contribution in [0.25, 0.3) is 10.8 Å². The molecular formula is C20H16FN3O3. The summed E-state index contributed by atoms with van der Waals surface area (Å²) >= 11 is 0. The Labute approximate surface area is 154 Å². The van der Waals surface area contributed by atoms with Gasteiger partial charge in [0.25, 0.3) is 0 Å². The number of methoxy groups -OCH3 is 1. The minimum Gasteiger partial charge on any atom is -0.496 e. The second kappa shape index (κ2) is 8.09. The summed E-state index contributed by atoms with van der Waals surface area (Å²) in [4.78, 5) is 23.7. The Balaban J connectivity index is 1.74. The Bertz CT molecular complexity index is 1030. The van der Waals surface area contributed by atoms with Crippen LogP contribution in [-0.4, -0.2) is 25.1 Å². The normalized spacial score (nSPS) is 10.7. The zero-order chi connectivity index (χ0) is 19.2. The van der Waals surface area contributed by atoms with E-state index in [2.05, 4.69) is 15.8 Å². The Hall–Kier alpha value is -3.74. The summed E-state index contributed by atoms with van der Waals surface area (Å²) < 4.78 is 18.9. The molecule has 0 radical (unpaired) electrons. The lowest BCUT2D eigenvalue weighted by Gasteiger charge is -2.08. The van der Waals surface area contributed by atoms with Crippen LogP contribution in [0, 0.1) is 5.82 Å². The fraction of sp³-hybridized carbons (Fsp3) is 0.0500. The predicted molar refractivity (Wildman–Crippen MR) is 101 cm³/mol. The van der Waals surface area contributed by atoms with Crippen molar-refractivity contribution in [1.82, 2.24) is 5.43 Å². The van der Waals surface area contributed by atoms with Crippen LogP contribution in [-0.2, 0) is 9.59 Å². The van der Waals surface area contributed by atoms with Crippen LogP contribution in [0.15, 0.2) is 65.8 Å². The summed E-state index contributed by atoms with van der Waals surface area (Å²) in [6.07, 6.45) is 1.40. The van der Waals surface area contributed by atoms with Crippen LogP contribution in [0.1, 0.15) is 5.56 Å². The van der Waals surface area contributed by atoms with Gasteiger partial charge < -0.3 is 10.1 Å². The highest BCUT2D eigenvalue weighted by Crippen LogP contribution is 2.26. The maximum absolute atomic E-state index is 13.5. The molecule has 3 rings (SSSR count). The number of halogens is 1. The molecule has 0 unspecified atom stereocenters. The van der Waals surface area contributed by atoms with Crippen molar-refractivity contribution in [2.75, 3.05) is 12.4 Å². The van der Waals surface area contributed by atoms with Gasteiger partial charge in [-0.3, -0.25) is 9.59 Å². The molecule has 3 aromatic rings. The van der Waals surface area contributed by atoms with Crippen molar-refractivity contribution in [1.29, 1.82) is 0 Å². The third-order valence-electron chi connectivity index (χ3n) is 3.84. The summed E-state index contributed by atoms with van der Waals surface area (Å²) in [6, 6.07) is 16.9. The zero-order valence-corrected chi connectivity index (χ0v) is 14.4. The number of fused-ring (bicyclic) bond motifs is 1. The van der Waals surface area contributed by atoms with Gasteiger partial charge in [0, 0.05) is 5.56 Å². The van der Waals surface area contributed by atoms with Gasteiger partial charge in [-0.05, 0) is 29.0 Å². The van der Waals surface area contributed by atoms with Crippen LogP contribution < -0.4 is 15.5 Å². The number of benzene rings is 3. The molecule has 6 nitrogen and oxygen atoms in total. The van der Waals surface area contributed by atoms with E-state index in [9.17, 15) is 14.0 Å². The fourth-order valence-electron chi connectivity index (χ4n) is 2.53. The molecule has 0 fully saturated rings. The predicted octanol–water partition coefficient (Wildman–Crippen LogP) is 3.08. The number of carbonyl (C=O) groups excluding carboxylic acids is 2. The number of hydrogen-bond acceptors (Lipinski definition) is 4. The van der Waals surface area contributed by atoms with E-state index in [0.29, 0.717) is 11.3 Å². The molecule has 0 saturated heterocycles. The molecule has 0 aliphatic carbocycles. The molecule has 0 aliphatic heterocycles. The molecule has 2 amide bonds. The SMILES string of the molecule is COc1ccc2ccccc2c1/C=N\NC(=O)C(=O)Nc1ccccc1F. The Morgan fingerprint density at radius 3 is 2.52 bits per heavy atom. The van der Waals surface area contributed by atoms with Crippen molar-refractivity contribution in [2.45, 2.75) is 0 Å². The highest BCUT2D eigenvalue weighted by atomic mass is 19.1. The van der Waals surface area contributed by atoms with Crippen molar-refractivity contribution in [3.63, 3.8) is 0 Å². The summed E-state index contributed by atoms with van der Waals surface area (Å²) in [6.45, 7) is 0. The topological polar surface area (TPSA) is 79.8 Å². The van der Waals surface area contributed by atoms with Crippen LogP contribution >= 0.6 is 0 Å². The standard InChI is InChI=1S/C20H16FN3O3/c1-27-18-11-10-13-6-2-3-7-14(13)15(18)12-22-24-20(26)19(25)23-17-9-5-4-8-16(17)21/h2-12H,1H3,(H,23,25)(H,24,26)/b22-12-. The van der Waals surface area contributed by atoms with Crippen molar-refractivity contribution >= 4 is 34.5 Å². The Morgan fingerprint density at radius 2 is 1.74 bits per heavy atom. The van der Waals surface area contributed by atoms with Gasteiger partial charge in [-0.25, -0.2) is 9.82 Å². The maximum atomic E-state index is 13.5. The highest BCUT2D eigenvalue weighted by molar-refractivity contribution is 6.39. The van der Waals surface area contributed by atoms with E-state index in [-0.39, 0.29) is 5.69 Å².